The van der Waals surface area contributed by atoms with E-state index in [9.17, 15) is 9.59 Å². The van der Waals surface area contributed by atoms with Crippen LogP contribution in [0.5, 0.6) is 0 Å². The van der Waals surface area contributed by atoms with Crippen LogP contribution in [0, 0.1) is 13.8 Å². The molecule has 8 heteroatoms. The van der Waals surface area contributed by atoms with E-state index in [1.807, 2.05) is 5.38 Å². The summed E-state index contributed by atoms with van der Waals surface area (Å²) in [6.45, 7) is 4.47. The number of amides is 3. The summed E-state index contributed by atoms with van der Waals surface area (Å²) in [5.41, 5.74) is 2.01. The minimum Gasteiger partial charge on any atom is -0.338 e. The first-order valence-corrected chi connectivity index (χ1v) is 11.1. The van der Waals surface area contributed by atoms with Gasteiger partial charge in [-0.1, -0.05) is 19.3 Å². The van der Waals surface area contributed by atoms with Crippen molar-refractivity contribution in [2.45, 2.75) is 58.4 Å². The van der Waals surface area contributed by atoms with E-state index in [0.29, 0.717) is 11.7 Å². The van der Waals surface area contributed by atoms with Gasteiger partial charge in [0.25, 0.3) is 0 Å². The number of anilines is 1. The van der Waals surface area contributed by atoms with E-state index < -0.39 is 0 Å². The van der Waals surface area contributed by atoms with Crippen LogP contribution >= 0.6 is 22.7 Å². The first-order valence-electron chi connectivity index (χ1n) is 9.38. The molecule has 1 aliphatic carbocycles. The average molecular weight is 407 g/mol. The lowest BCUT2D eigenvalue weighted by Gasteiger charge is -2.22. The van der Waals surface area contributed by atoms with Gasteiger partial charge in [-0.25, -0.2) is 9.78 Å². The van der Waals surface area contributed by atoms with Gasteiger partial charge in [-0.05, 0) is 32.8 Å². The second-order valence-corrected chi connectivity index (χ2v) is 9.22. The van der Waals surface area contributed by atoms with Crippen molar-refractivity contribution in [2.24, 2.45) is 0 Å². The highest BCUT2D eigenvalue weighted by Gasteiger charge is 2.16. The number of carbonyl (C=O) groups excluding carboxylic acids is 2. The van der Waals surface area contributed by atoms with Crippen LogP contribution in [-0.4, -0.2) is 29.5 Å². The molecule has 27 heavy (non-hydrogen) atoms. The Kier molecular flexibility index (Phi) is 6.84. The van der Waals surface area contributed by atoms with Crippen LogP contribution in [0.3, 0.4) is 0 Å². The number of aryl methyl sites for hydroxylation is 2. The normalized spacial score (nSPS) is 14.7. The zero-order valence-corrected chi connectivity index (χ0v) is 17.4. The summed E-state index contributed by atoms with van der Waals surface area (Å²) in [5, 5.41) is 11.1. The molecule has 1 aliphatic rings. The molecule has 0 bridgehead atoms. The van der Waals surface area contributed by atoms with Gasteiger partial charge in [0.05, 0.1) is 5.69 Å². The monoisotopic (exact) mass is 406 g/mol. The highest BCUT2D eigenvalue weighted by atomic mass is 32.1. The molecule has 2 aromatic rings. The molecule has 6 nitrogen and oxygen atoms in total. The molecule has 0 aromatic carbocycles. The molecule has 0 aliphatic heterocycles. The van der Waals surface area contributed by atoms with Crippen molar-refractivity contribution >= 4 is 39.7 Å². The first kappa shape index (κ1) is 19.8. The molecule has 0 atom stereocenters. The predicted octanol–water partition coefficient (Wildman–Crippen LogP) is 4.45. The maximum absolute atomic E-state index is 12.1. The molecule has 3 N–H and O–H groups in total. The minimum absolute atomic E-state index is 0.146. The van der Waals surface area contributed by atoms with Gasteiger partial charge in [-0.15, -0.1) is 22.7 Å². The number of nitrogens with zero attached hydrogens (tertiary/aromatic N) is 1. The maximum Gasteiger partial charge on any atom is 0.315 e. The zero-order valence-electron chi connectivity index (χ0n) is 15.8. The van der Waals surface area contributed by atoms with Gasteiger partial charge in [0.1, 0.15) is 0 Å². The number of aromatic nitrogens is 1. The van der Waals surface area contributed by atoms with Gasteiger partial charge < -0.3 is 16.0 Å². The van der Waals surface area contributed by atoms with Crippen LogP contribution in [0.15, 0.2) is 11.4 Å². The lowest BCUT2D eigenvalue weighted by atomic mass is 9.96. The summed E-state index contributed by atoms with van der Waals surface area (Å²) < 4.78 is 0. The molecule has 0 saturated heterocycles. The fourth-order valence-electron chi connectivity index (χ4n) is 3.29. The Morgan fingerprint density at radius 1 is 1.22 bits per heavy atom. The fourth-order valence-corrected chi connectivity index (χ4v) is 4.95. The Balaban J connectivity index is 1.40. The first-order chi connectivity index (χ1) is 13.0. The molecular weight excluding hydrogens is 380 g/mol. The molecule has 1 saturated carbocycles. The number of carbonyl (C=O) groups is 2. The summed E-state index contributed by atoms with van der Waals surface area (Å²) in [6, 6.07) is 2.20. The molecule has 146 valence electrons. The van der Waals surface area contributed by atoms with Gasteiger partial charge in [-0.3, -0.25) is 4.79 Å². The van der Waals surface area contributed by atoms with E-state index in [2.05, 4.69) is 40.8 Å². The van der Waals surface area contributed by atoms with Gasteiger partial charge in [0, 0.05) is 39.7 Å². The van der Waals surface area contributed by atoms with Gasteiger partial charge in [-0.2, -0.15) is 0 Å². The maximum atomic E-state index is 12.1. The molecule has 3 rings (SSSR count). The molecule has 1 fully saturated rings. The average Bonchev–Trinajstić information content (AvgIpc) is 3.21. The molecule has 2 aromatic heterocycles. The number of rotatable bonds is 6. The van der Waals surface area contributed by atoms with Crippen LogP contribution in [-0.2, 0) is 4.79 Å². The van der Waals surface area contributed by atoms with E-state index in [1.165, 1.54) is 40.4 Å². The van der Waals surface area contributed by atoms with Gasteiger partial charge in [0.15, 0.2) is 5.13 Å². The highest BCUT2D eigenvalue weighted by molar-refractivity contribution is 7.14. The van der Waals surface area contributed by atoms with Crippen LogP contribution in [0.2, 0.25) is 0 Å². The molecule has 0 radical (unpaired) electrons. The summed E-state index contributed by atoms with van der Waals surface area (Å²) in [7, 11) is 0. The van der Waals surface area contributed by atoms with Crippen molar-refractivity contribution in [1.82, 2.24) is 15.6 Å². The topological polar surface area (TPSA) is 83.1 Å². The third kappa shape index (κ3) is 5.77. The van der Waals surface area contributed by atoms with E-state index >= 15 is 0 Å². The van der Waals surface area contributed by atoms with Crippen LogP contribution in [0.25, 0.3) is 11.3 Å². The number of urea groups is 1. The lowest BCUT2D eigenvalue weighted by Crippen LogP contribution is -2.43. The van der Waals surface area contributed by atoms with Gasteiger partial charge in [0.2, 0.25) is 5.91 Å². The largest absolute Gasteiger partial charge is 0.338 e. The Morgan fingerprint density at radius 2 is 2.00 bits per heavy atom. The lowest BCUT2D eigenvalue weighted by molar-refractivity contribution is -0.116. The Hall–Kier alpha value is -1.93. The van der Waals surface area contributed by atoms with Gasteiger partial charge >= 0.3 is 6.03 Å². The minimum atomic E-state index is -0.186. The van der Waals surface area contributed by atoms with Crippen LogP contribution in [0.1, 0.15) is 48.3 Å². The Morgan fingerprint density at radius 3 is 2.70 bits per heavy atom. The summed E-state index contributed by atoms with van der Waals surface area (Å²) in [5.74, 6) is -0.146. The summed E-state index contributed by atoms with van der Waals surface area (Å²) in [4.78, 5) is 31.0. The summed E-state index contributed by atoms with van der Waals surface area (Å²) in [6.07, 6.45) is 5.92. The summed E-state index contributed by atoms with van der Waals surface area (Å²) >= 11 is 3.16. The third-order valence-corrected chi connectivity index (χ3v) is 6.37. The van der Waals surface area contributed by atoms with E-state index in [-0.39, 0.29) is 24.4 Å². The molecule has 3 amide bonds. The number of hydrogen-bond donors (Lipinski definition) is 3. The van der Waals surface area contributed by atoms with Crippen molar-refractivity contribution in [3.63, 3.8) is 0 Å². The van der Waals surface area contributed by atoms with Crippen LogP contribution < -0.4 is 16.0 Å². The second kappa shape index (κ2) is 9.32. The smallest absolute Gasteiger partial charge is 0.315 e. The number of hydrogen-bond acceptors (Lipinski definition) is 5. The third-order valence-electron chi connectivity index (χ3n) is 4.65. The number of nitrogens with one attached hydrogen (secondary N) is 3. The predicted molar refractivity (Wildman–Crippen MR) is 112 cm³/mol. The van der Waals surface area contributed by atoms with Crippen molar-refractivity contribution in [1.29, 1.82) is 0 Å². The molecule has 2 heterocycles. The fraction of sp³-hybridized carbons (Fsp3) is 0.526. The standard InChI is InChI=1S/C19H26N4O2S2/c1-12-10-15(13(2)27-12)16-11-26-19(22-16)23-17(24)8-9-20-18(25)21-14-6-4-3-5-7-14/h10-11,14H,3-9H2,1-2H3,(H2,20,21,25)(H,22,23,24). The zero-order chi connectivity index (χ0) is 19.2. The van der Waals surface area contributed by atoms with E-state index in [1.54, 1.807) is 11.3 Å². The molecular formula is C19H26N4O2S2. The number of thiazole rings is 1. The van der Waals surface area contributed by atoms with E-state index in [0.717, 1.165) is 24.1 Å². The quantitative estimate of drug-likeness (QED) is 0.663. The second-order valence-electron chi connectivity index (χ2n) is 6.90. The van der Waals surface area contributed by atoms with E-state index in [4.69, 9.17) is 0 Å². The number of thiophene rings is 1. The van der Waals surface area contributed by atoms with Crippen molar-refractivity contribution in [3.8, 4) is 11.3 Å². The Bertz CT molecular complexity index is 793. The SMILES string of the molecule is Cc1cc(-c2csc(NC(=O)CCNC(=O)NC3CCCCC3)n2)c(C)s1. The highest BCUT2D eigenvalue weighted by Crippen LogP contribution is 2.32. The van der Waals surface area contributed by atoms with Crippen molar-refractivity contribution < 1.29 is 9.59 Å². The van der Waals surface area contributed by atoms with Crippen LogP contribution in [0.4, 0.5) is 9.93 Å². The Labute approximate surface area is 167 Å². The van der Waals surface area contributed by atoms with Crippen molar-refractivity contribution in [2.75, 3.05) is 11.9 Å². The molecule has 0 spiro atoms. The van der Waals surface area contributed by atoms with Crippen molar-refractivity contribution in [3.05, 3.63) is 21.2 Å². The molecule has 0 unspecified atom stereocenters.